The Morgan fingerprint density at radius 1 is 1.14 bits per heavy atom. The van der Waals surface area contributed by atoms with Gasteiger partial charge in [-0.1, -0.05) is 29.8 Å². The molecule has 0 aromatic heterocycles. The van der Waals surface area contributed by atoms with Gasteiger partial charge in [-0.15, -0.1) is 0 Å². The largest absolute Gasteiger partial charge is 0.356 e. The number of hydrogen-bond acceptors (Lipinski definition) is 3. The monoisotopic (exact) mass is 321 g/mol. The fourth-order valence-electron chi connectivity index (χ4n) is 2.56. The fraction of sp³-hybridized carbons (Fsp3) is 0.471. The van der Waals surface area contributed by atoms with E-state index in [0.29, 0.717) is 6.54 Å². The first-order chi connectivity index (χ1) is 10.6. The van der Waals surface area contributed by atoms with Crippen molar-refractivity contribution in [2.75, 3.05) is 12.3 Å². The van der Waals surface area contributed by atoms with Gasteiger partial charge in [-0.05, 0) is 44.2 Å². The molecule has 0 bridgehead atoms. The average Bonchev–Trinajstić information content (AvgIpc) is 2.55. The molecule has 1 N–H and O–H groups in total. The van der Waals surface area contributed by atoms with Gasteiger partial charge in [0.25, 0.3) is 0 Å². The number of sulfone groups is 1. The van der Waals surface area contributed by atoms with Crippen molar-refractivity contribution < 1.29 is 13.2 Å². The number of amides is 1. The Balaban J connectivity index is 1.72. The van der Waals surface area contributed by atoms with Crippen LogP contribution in [0.2, 0.25) is 0 Å². The number of carbonyl (C=O) groups excluding carboxylic acids is 1. The second-order valence-electron chi connectivity index (χ2n) is 5.59. The maximum absolute atomic E-state index is 12.1. The normalized spacial score (nSPS) is 15.2. The van der Waals surface area contributed by atoms with Crippen molar-refractivity contribution in [3.63, 3.8) is 0 Å². The van der Waals surface area contributed by atoms with Gasteiger partial charge in [-0.25, -0.2) is 8.42 Å². The summed E-state index contributed by atoms with van der Waals surface area (Å²) in [7, 11) is -3.37. The predicted molar refractivity (Wildman–Crippen MR) is 87.3 cm³/mol. The second kappa shape index (κ2) is 8.13. The van der Waals surface area contributed by atoms with E-state index >= 15 is 0 Å². The first-order valence-electron chi connectivity index (χ1n) is 7.80. The van der Waals surface area contributed by atoms with Crippen LogP contribution in [0, 0.1) is 0 Å². The van der Waals surface area contributed by atoms with E-state index in [-0.39, 0.29) is 23.0 Å². The van der Waals surface area contributed by atoms with Gasteiger partial charge in [0.2, 0.25) is 5.91 Å². The standard InChI is InChI=1S/C17H23NO3S/c19-17(18-13-11-15-7-3-1-4-8-15)12-14-22(20,21)16-9-5-2-6-10-16/h2,5-7,9-10H,1,3-4,8,11-14H2,(H,18,19). The fourth-order valence-corrected chi connectivity index (χ4v) is 3.82. The minimum atomic E-state index is -3.37. The van der Waals surface area contributed by atoms with Gasteiger partial charge in [0.1, 0.15) is 0 Å². The zero-order valence-electron chi connectivity index (χ0n) is 12.8. The molecule has 1 aliphatic carbocycles. The minimum Gasteiger partial charge on any atom is -0.356 e. The van der Waals surface area contributed by atoms with Crippen LogP contribution in [0.15, 0.2) is 46.9 Å². The molecule has 0 spiro atoms. The van der Waals surface area contributed by atoms with Crippen molar-refractivity contribution in [2.24, 2.45) is 0 Å². The van der Waals surface area contributed by atoms with Gasteiger partial charge in [-0.2, -0.15) is 0 Å². The summed E-state index contributed by atoms with van der Waals surface area (Å²) in [6.07, 6.45) is 7.89. The summed E-state index contributed by atoms with van der Waals surface area (Å²) >= 11 is 0. The number of allylic oxidation sites excluding steroid dienone is 1. The Hall–Kier alpha value is -1.62. The Bertz CT molecular complexity index is 621. The highest BCUT2D eigenvalue weighted by Gasteiger charge is 2.15. The van der Waals surface area contributed by atoms with Crippen molar-refractivity contribution >= 4 is 15.7 Å². The van der Waals surface area contributed by atoms with Gasteiger partial charge < -0.3 is 5.32 Å². The maximum Gasteiger partial charge on any atom is 0.221 e. The van der Waals surface area contributed by atoms with E-state index in [4.69, 9.17) is 0 Å². The van der Waals surface area contributed by atoms with Crippen molar-refractivity contribution in [3.8, 4) is 0 Å². The molecule has 4 nitrogen and oxygen atoms in total. The molecule has 1 aromatic carbocycles. The van der Waals surface area contributed by atoms with E-state index in [1.165, 1.54) is 18.4 Å². The first-order valence-corrected chi connectivity index (χ1v) is 9.45. The van der Waals surface area contributed by atoms with Gasteiger partial charge in [0.15, 0.2) is 9.84 Å². The summed E-state index contributed by atoms with van der Waals surface area (Å²) in [5.41, 5.74) is 1.41. The minimum absolute atomic E-state index is 0.0102. The number of hydrogen-bond donors (Lipinski definition) is 1. The molecule has 1 aromatic rings. The number of carbonyl (C=O) groups is 1. The van der Waals surface area contributed by atoms with Crippen molar-refractivity contribution in [1.29, 1.82) is 0 Å². The van der Waals surface area contributed by atoms with E-state index in [1.54, 1.807) is 30.3 Å². The highest BCUT2D eigenvalue weighted by Crippen LogP contribution is 2.19. The molecule has 0 atom stereocenters. The van der Waals surface area contributed by atoms with Crippen LogP contribution in [0.3, 0.4) is 0 Å². The summed E-state index contributed by atoms with van der Waals surface area (Å²) in [6, 6.07) is 8.26. The molecular weight excluding hydrogens is 298 g/mol. The Morgan fingerprint density at radius 3 is 2.59 bits per heavy atom. The van der Waals surface area contributed by atoms with E-state index in [9.17, 15) is 13.2 Å². The lowest BCUT2D eigenvalue weighted by Crippen LogP contribution is -2.27. The molecule has 0 saturated heterocycles. The predicted octanol–water partition coefficient (Wildman–Crippen LogP) is 2.86. The molecule has 0 radical (unpaired) electrons. The van der Waals surface area contributed by atoms with Crippen LogP contribution in [-0.2, 0) is 14.6 Å². The van der Waals surface area contributed by atoms with Gasteiger partial charge >= 0.3 is 0 Å². The van der Waals surface area contributed by atoms with E-state index in [0.717, 1.165) is 19.3 Å². The van der Waals surface area contributed by atoms with Crippen LogP contribution >= 0.6 is 0 Å². The Labute approximate surface area is 132 Å². The van der Waals surface area contributed by atoms with Crippen LogP contribution in [0.4, 0.5) is 0 Å². The third kappa shape index (κ3) is 5.30. The smallest absolute Gasteiger partial charge is 0.221 e. The summed E-state index contributed by atoms with van der Waals surface area (Å²) in [4.78, 5) is 12.0. The summed E-state index contributed by atoms with van der Waals surface area (Å²) < 4.78 is 24.1. The van der Waals surface area contributed by atoms with Crippen LogP contribution in [0.25, 0.3) is 0 Å². The molecule has 0 heterocycles. The Kier molecular flexibility index (Phi) is 6.19. The summed E-state index contributed by atoms with van der Waals surface area (Å²) in [5, 5.41) is 2.81. The lowest BCUT2D eigenvalue weighted by Gasteiger charge is -2.13. The molecule has 120 valence electrons. The lowest BCUT2D eigenvalue weighted by molar-refractivity contribution is -0.120. The molecule has 22 heavy (non-hydrogen) atoms. The highest BCUT2D eigenvalue weighted by molar-refractivity contribution is 7.91. The molecule has 1 aliphatic rings. The number of nitrogens with one attached hydrogen (secondary N) is 1. The quantitative estimate of drug-likeness (QED) is 0.786. The number of rotatable bonds is 7. The highest BCUT2D eigenvalue weighted by atomic mass is 32.2. The van der Waals surface area contributed by atoms with Crippen molar-refractivity contribution in [3.05, 3.63) is 42.0 Å². The topological polar surface area (TPSA) is 63.2 Å². The Morgan fingerprint density at radius 2 is 1.91 bits per heavy atom. The van der Waals surface area contributed by atoms with Gasteiger partial charge in [0, 0.05) is 13.0 Å². The van der Waals surface area contributed by atoms with Gasteiger partial charge in [0.05, 0.1) is 10.6 Å². The summed E-state index contributed by atoms with van der Waals surface area (Å²) in [6.45, 7) is 0.593. The third-order valence-electron chi connectivity index (χ3n) is 3.85. The summed E-state index contributed by atoms with van der Waals surface area (Å²) in [5.74, 6) is -0.346. The molecule has 0 aliphatic heterocycles. The van der Waals surface area contributed by atoms with E-state index in [2.05, 4.69) is 11.4 Å². The molecular formula is C17H23NO3S. The van der Waals surface area contributed by atoms with Crippen LogP contribution in [0.1, 0.15) is 38.5 Å². The zero-order chi connectivity index (χ0) is 15.8. The molecule has 0 saturated carbocycles. The lowest BCUT2D eigenvalue weighted by atomic mass is 9.97. The van der Waals surface area contributed by atoms with Crippen molar-refractivity contribution in [1.82, 2.24) is 5.32 Å². The SMILES string of the molecule is O=C(CCS(=O)(=O)c1ccccc1)NCCC1=CCCCC1. The second-order valence-corrected chi connectivity index (χ2v) is 7.70. The number of benzene rings is 1. The van der Waals surface area contributed by atoms with Crippen LogP contribution < -0.4 is 5.32 Å². The zero-order valence-corrected chi connectivity index (χ0v) is 13.6. The molecule has 1 amide bonds. The average molecular weight is 321 g/mol. The van der Waals surface area contributed by atoms with Crippen molar-refractivity contribution in [2.45, 2.75) is 43.4 Å². The molecule has 5 heteroatoms. The van der Waals surface area contributed by atoms with Crippen LogP contribution in [0.5, 0.6) is 0 Å². The van der Waals surface area contributed by atoms with E-state index < -0.39 is 9.84 Å². The molecule has 0 fully saturated rings. The van der Waals surface area contributed by atoms with Crippen LogP contribution in [-0.4, -0.2) is 26.6 Å². The molecule has 0 unspecified atom stereocenters. The first kappa shape index (κ1) is 16.7. The maximum atomic E-state index is 12.1. The molecule has 2 rings (SSSR count). The van der Waals surface area contributed by atoms with Gasteiger partial charge in [-0.3, -0.25) is 4.79 Å². The third-order valence-corrected chi connectivity index (χ3v) is 5.59. The van der Waals surface area contributed by atoms with E-state index in [1.807, 2.05) is 0 Å².